The largest absolute Gasteiger partial charge is 2.00 e. The van der Waals surface area contributed by atoms with Gasteiger partial charge in [-0.15, -0.1) is 5.73 Å². The summed E-state index contributed by atoms with van der Waals surface area (Å²) in [6.45, 7) is 12.0. The molecule has 1 aliphatic carbocycles. The molecule has 0 bridgehead atoms. The minimum absolute atomic E-state index is 0. The van der Waals surface area contributed by atoms with Gasteiger partial charge >= 0.3 is 20.4 Å². The molecule has 0 saturated carbocycles. The number of carbonyl (C=O) groups is 1. The summed E-state index contributed by atoms with van der Waals surface area (Å²) in [5.74, 6) is 1.56. The van der Waals surface area contributed by atoms with Crippen molar-refractivity contribution in [1.29, 1.82) is 0 Å². The van der Waals surface area contributed by atoms with Crippen LogP contribution in [0.15, 0.2) is 29.0 Å². The Morgan fingerprint density at radius 2 is 1.85 bits per heavy atom. The number of nitrogens with one attached hydrogen (secondary N) is 1. The first-order valence-corrected chi connectivity index (χ1v) is 9.31. The van der Waals surface area contributed by atoms with Gasteiger partial charge in [-0.3, -0.25) is 0 Å². The number of carboxylic acid groups (broad SMARTS) is 1. The molecular weight excluding hydrogens is 419 g/mol. The molecule has 1 unspecified atom stereocenters. The Balaban J connectivity index is 0. The van der Waals surface area contributed by atoms with Crippen LogP contribution >= 0.6 is 0 Å². The van der Waals surface area contributed by atoms with E-state index < -0.39 is 5.97 Å². The van der Waals surface area contributed by atoms with Crippen molar-refractivity contribution in [1.82, 2.24) is 10.2 Å². The van der Waals surface area contributed by atoms with Crippen molar-refractivity contribution in [3.63, 3.8) is 0 Å². The van der Waals surface area contributed by atoms with Crippen LogP contribution in [0.4, 0.5) is 0 Å². The predicted molar refractivity (Wildman–Crippen MR) is 104 cm³/mol. The molecule has 1 fully saturated rings. The van der Waals surface area contributed by atoms with Crippen LogP contribution in [0, 0.1) is 17.8 Å². The number of hydrogen-bond acceptors (Lipinski definition) is 4. The number of aliphatic carboxylic acids is 1. The third-order valence-electron chi connectivity index (χ3n) is 4.81. The second-order valence-corrected chi connectivity index (χ2v) is 7.70. The Labute approximate surface area is 174 Å². The van der Waals surface area contributed by atoms with Crippen molar-refractivity contribution in [2.45, 2.75) is 59.5 Å². The van der Waals surface area contributed by atoms with Gasteiger partial charge in [-0.25, -0.2) is 0 Å². The monoisotopic (exact) mass is 454 g/mol. The van der Waals surface area contributed by atoms with E-state index in [1.807, 2.05) is 0 Å². The maximum absolute atomic E-state index is 10.0. The first-order valence-electron chi connectivity index (χ1n) is 9.31. The molecule has 2 atom stereocenters. The molecule has 0 aromatic rings. The quantitative estimate of drug-likeness (QED) is 0.512. The first-order chi connectivity index (χ1) is 11.6. The van der Waals surface area contributed by atoms with Gasteiger partial charge < -0.3 is 20.1 Å². The van der Waals surface area contributed by atoms with Crippen LogP contribution in [-0.2, 0) is 25.2 Å². The summed E-state index contributed by atoms with van der Waals surface area (Å²) in [6, 6.07) is 0.0427. The number of nitrogens with zero attached hydrogens (tertiary/aromatic N) is 1. The van der Waals surface area contributed by atoms with Crippen LogP contribution in [0.1, 0.15) is 48.9 Å². The van der Waals surface area contributed by atoms with Crippen molar-refractivity contribution >= 4 is 5.97 Å². The minimum atomic E-state index is -0.970. The van der Waals surface area contributed by atoms with Gasteiger partial charge in [-0.1, -0.05) is 39.8 Å². The molecule has 0 aromatic carbocycles. The van der Waals surface area contributed by atoms with E-state index in [2.05, 4.69) is 76.8 Å². The Hall–Kier alpha value is -0.688. The average molecular weight is 455 g/mol. The fourth-order valence-electron chi connectivity index (χ4n) is 2.87. The second-order valence-electron chi connectivity index (χ2n) is 7.70. The van der Waals surface area contributed by atoms with Crippen LogP contribution < -0.4 is 10.4 Å². The molecule has 1 aliphatic heterocycles. The molecule has 151 valence electrons. The zero-order valence-corrected chi connectivity index (χ0v) is 18.7. The number of carbonyl (C=O) groups excluding carboxylic acids is 1. The molecule has 0 amide bonds. The summed E-state index contributed by atoms with van der Waals surface area (Å²) in [6.07, 6.45) is 6.19. The Kier molecular flexibility index (Phi) is 11.6. The summed E-state index contributed by atoms with van der Waals surface area (Å²) in [7, 11) is 4.26. The van der Waals surface area contributed by atoms with Crippen LogP contribution in [0.2, 0.25) is 0 Å². The van der Waals surface area contributed by atoms with Crippen LogP contribution in [0.3, 0.4) is 0 Å². The molecule has 2 aliphatic rings. The number of hydrogen-bond donors (Lipinski definition) is 1. The Morgan fingerprint density at radius 3 is 2.19 bits per heavy atom. The van der Waals surface area contributed by atoms with Crippen LogP contribution in [0.25, 0.3) is 0 Å². The summed E-state index contributed by atoms with van der Waals surface area (Å²) >= 11 is 0. The molecule has 5 heteroatoms. The standard InChI is InChI=1S/C16H26N.C5H9NO2.Pd.H2/c1-11(2)14-8-9-15(12(3)4)16(10-14)13(5)17(6)7;7-5(8)4-2-1-3-6-4;;/h8-9,11-13H,1-7H3;4,6H,1-3H2,(H,7,8);;1H/q;;+2;/p-1/t13-;;;/m0.../s1. The molecule has 1 saturated heterocycles. The first kappa shape index (κ1) is 25.3. The number of allylic oxidation sites excluding steroid dienone is 2. The van der Waals surface area contributed by atoms with Gasteiger partial charge in [0.2, 0.25) is 0 Å². The maximum Gasteiger partial charge on any atom is 2.00 e. The van der Waals surface area contributed by atoms with Gasteiger partial charge in [0.15, 0.2) is 0 Å². The van der Waals surface area contributed by atoms with E-state index >= 15 is 0 Å². The molecule has 1 radical (unpaired) electrons. The van der Waals surface area contributed by atoms with Gasteiger partial charge in [-0.2, -0.15) is 0 Å². The van der Waals surface area contributed by atoms with E-state index in [0.717, 1.165) is 19.4 Å². The topological polar surface area (TPSA) is 55.4 Å². The summed E-state index contributed by atoms with van der Waals surface area (Å²) in [4.78, 5) is 12.3. The van der Waals surface area contributed by atoms with Crippen molar-refractivity contribution in [3.8, 4) is 0 Å². The number of carboxylic acids is 1. The third kappa shape index (κ3) is 7.51. The van der Waals surface area contributed by atoms with E-state index in [4.69, 9.17) is 0 Å². The zero-order valence-electron chi connectivity index (χ0n) is 17.2. The third-order valence-corrected chi connectivity index (χ3v) is 4.81. The molecule has 1 heterocycles. The van der Waals surface area contributed by atoms with E-state index in [9.17, 15) is 9.90 Å². The summed E-state index contributed by atoms with van der Waals surface area (Å²) in [5, 5.41) is 12.8. The maximum atomic E-state index is 10.0. The second kappa shape index (κ2) is 11.9. The molecule has 26 heavy (non-hydrogen) atoms. The smallest absolute Gasteiger partial charge is 0.548 e. The summed E-state index contributed by atoms with van der Waals surface area (Å²) in [5.41, 5.74) is 6.31. The zero-order chi connectivity index (χ0) is 19.1. The molecule has 1 N–H and O–H groups in total. The predicted octanol–water partition coefficient (Wildman–Crippen LogP) is 2.58. The number of likely N-dealkylation sites (N-methyl/N-ethyl adjacent to an activating group) is 1. The van der Waals surface area contributed by atoms with Gasteiger partial charge in [0.1, 0.15) is 0 Å². The number of rotatable bonds is 5. The van der Waals surface area contributed by atoms with E-state index in [-0.39, 0.29) is 27.9 Å². The summed E-state index contributed by atoms with van der Waals surface area (Å²) < 4.78 is 0. The molecular formula is C21H36N2O2Pd+. The van der Waals surface area contributed by atoms with Crippen molar-refractivity contribution < 1.29 is 31.8 Å². The van der Waals surface area contributed by atoms with E-state index in [1.165, 1.54) is 17.1 Å². The minimum Gasteiger partial charge on any atom is -0.548 e. The van der Waals surface area contributed by atoms with Crippen molar-refractivity contribution in [3.05, 3.63) is 34.9 Å². The Morgan fingerprint density at radius 1 is 1.23 bits per heavy atom. The fraction of sp³-hybridized carbons (Fsp3) is 0.667. The van der Waals surface area contributed by atoms with Crippen LogP contribution in [0.5, 0.6) is 0 Å². The van der Waals surface area contributed by atoms with Gasteiger partial charge in [0.05, 0.1) is 5.97 Å². The van der Waals surface area contributed by atoms with Crippen LogP contribution in [-0.4, -0.2) is 43.6 Å². The van der Waals surface area contributed by atoms with E-state index in [1.54, 1.807) is 0 Å². The molecule has 4 nitrogen and oxygen atoms in total. The molecule has 2 rings (SSSR count). The van der Waals surface area contributed by atoms with Gasteiger partial charge in [0, 0.05) is 25.0 Å². The van der Waals surface area contributed by atoms with Gasteiger partial charge in [0.25, 0.3) is 0 Å². The van der Waals surface area contributed by atoms with Gasteiger partial charge in [-0.05, 0) is 57.8 Å². The normalized spacial score (nSPS) is 21.1. The average Bonchev–Trinajstić information content (AvgIpc) is 3.08. The SMILES string of the molecule is CC(C)[C]1C=CC(C(C)C)=C=C1[C@H](C)N(C)C.O=C([O-])C1CCCN1.[HH].[Pd+2]. The molecule has 0 aromatic heterocycles. The fourth-order valence-corrected chi connectivity index (χ4v) is 2.87. The van der Waals surface area contributed by atoms with Crippen molar-refractivity contribution in [2.75, 3.05) is 20.6 Å². The molecule has 0 spiro atoms. The Bertz CT molecular complexity index is 546. The van der Waals surface area contributed by atoms with Crippen molar-refractivity contribution in [2.24, 2.45) is 11.8 Å². The van der Waals surface area contributed by atoms with E-state index in [0.29, 0.717) is 17.9 Å².